The highest BCUT2D eigenvalue weighted by Gasteiger charge is 2.51. The van der Waals surface area contributed by atoms with E-state index in [-0.39, 0.29) is 159 Å². The maximum atomic E-state index is 16.0. The summed E-state index contributed by atoms with van der Waals surface area (Å²) in [5.41, 5.74) is 1.01. The van der Waals surface area contributed by atoms with Crippen molar-refractivity contribution in [2.24, 2.45) is 11.1 Å². The molecule has 1 unspecified atom stereocenters. The van der Waals surface area contributed by atoms with Gasteiger partial charge < -0.3 is 115 Å². The van der Waals surface area contributed by atoms with E-state index >= 15 is 19.2 Å². The van der Waals surface area contributed by atoms with Crippen LogP contribution in [-0.2, 0) is 112 Å². The number of aromatic carboxylic acids is 1. The lowest BCUT2D eigenvalue weighted by atomic mass is 9.83. The van der Waals surface area contributed by atoms with Crippen LogP contribution in [0.5, 0.6) is 0 Å². The highest BCUT2D eigenvalue weighted by molar-refractivity contribution is 9.10. The number of nitrogens with one attached hydrogen (secondary N) is 15. The average Bonchev–Trinajstić information content (AvgIpc) is 1.63. The number of nitrogens with zero attached hydrogens (tertiary/aromatic N) is 2. The summed E-state index contributed by atoms with van der Waals surface area (Å²) in [7, 11) is 1.61. The minimum Gasteiger partial charge on any atom is -0.481 e. The molecule has 804 valence electrons. The van der Waals surface area contributed by atoms with Crippen molar-refractivity contribution in [1.82, 2.24) is 89.6 Å². The number of unbranched alkanes of at least 4 members (excludes halogenated alkanes) is 1. The normalized spacial score (nSPS) is 24.0. The molecule has 9 rings (SSSR count). The first-order valence-corrected chi connectivity index (χ1v) is 51.7. The summed E-state index contributed by atoms with van der Waals surface area (Å²) >= 11 is 4.99. The van der Waals surface area contributed by atoms with Gasteiger partial charge in [-0.15, -0.1) is 11.3 Å². The maximum absolute atomic E-state index is 16.0. The number of carboxylic acid groups (broad SMARTS) is 3. The zero-order chi connectivity index (χ0) is 108. The molecule has 2 spiro atoms. The molecule has 15 atom stereocenters. The number of carbonyl (C=O) groups is 19. The largest absolute Gasteiger partial charge is 0.481 e. The fourth-order valence-electron chi connectivity index (χ4n) is 18.3. The highest BCUT2D eigenvalue weighted by atomic mass is 79.9. The summed E-state index contributed by atoms with van der Waals surface area (Å²) in [5, 5.41) is 87.6. The summed E-state index contributed by atoms with van der Waals surface area (Å²) < 4.78 is 7.41. The number of fused-ring (bicyclic) bond motifs is 3. The smallest absolute Gasteiger partial charge is 0.409 e. The molecule has 42 nitrogen and oxygen atoms in total. The van der Waals surface area contributed by atoms with E-state index in [0.29, 0.717) is 24.8 Å². The monoisotopic (exact) mass is 2140 g/mol. The Balaban J connectivity index is 0.980. The first kappa shape index (κ1) is 118. The third kappa shape index (κ3) is 35.6. The molecule has 0 aliphatic carbocycles. The van der Waals surface area contributed by atoms with Crippen molar-refractivity contribution in [3.05, 3.63) is 165 Å². The number of primary amides is 1. The molecule has 0 radical (unpaired) electrons. The van der Waals surface area contributed by atoms with E-state index in [1.54, 1.807) is 82.5 Å². The van der Waals surface area contributed by atoms with E-state index in [0.717, 1.165) is 25.7 Å². The molecule has 2 bridgehead atoms. The lowest BCUT2D eigenvalue weighted by Gasteiger charge is -2.41. The number of likely N-dealkylation sites (N-methyl/N-ethyl adjacent to an activating group) is 1. The van der Waals surface area contributed by atoms with Crippen molar-refractivity contribution in [2.75, 3.05) is 39.8 Å². The van der Waals surface area contributed by atoms with Gasteiger partial charge in [-0.3, -0.25) is 86.8 Å². The number of aliphatic carboxylic acids is 2. The van der Waals surface area contributed by atoms with Gasteiger partial charge in [-0.25, -0.2) is 9.59 Å². The second kappa shape index (κ2) is 56.0. The number of likely N-dealkylation sites (tertiary alicyclic amines) is 1. The lowest BCUT2D eigenvalue weighted by Crippen LogP contribution is -2.67. The van der Waals surface area contributed by atoms with Gasteiger partial charge >= 0.3 is 24.0 Å². The number of ether oxygens (including phenoxy) is 1. The first-order valence-electron chi connectivity index (χ1n) is 50.0. The zero-order valence-electron chi connectivity index (χ0n) is 84.9. The van der Waals surface area contributed by atoms with Crippen molar-refractivity contribution < 1.29 is 116 Å². The van der Waals surface area contributed by atoms with E-state index in [2.05, 4.69) is 95.7 Å². The number of allylic oxidation sites excluding steroid dienone is 3. The number of rotatable bonds is 30. The molecule has 148 heavy (non-hydrogen) atoms. The van der Waals surface area contributed by atoms with Crippen LogP contribution in [-0.4, -0.2) is 278 Å². The van der Waals surface area contributed by atoms with Gasteiger partial charge in [-0.1, -0.05) is 140 Å². The molecule has 5 aromatic rings. The van der Waals surface area contributed by atoms with Crippen LogP contribution in [0.25, 0.3) is 10.1 Å². The van der Waals surface area contributed by atoms with Gasteiger partial charge in [0.05, 0.1) is 42.6 Å². The molecule has 16 amide bonds. The summed E-state index contributed by atoms with van der Waals surface area (Å²) in [6, 6.07) is 11.4. The number of aliphatic hydroxyl groups excluding tert-OH is 1. The van der Waals surface area contributed by atoms with Crippen molar-refractivity contribution in [1.29, 1.82) is 0 Å². The summed E-state index contributed by atoms with van der Waals surface area (Å²) in [5.74, 6) is -17.6. The molecular weight excluding hydrogens is 2000 g/mol. The number of aliphatic hydroxyl groups is 1. The summed E-state index contributed by atoms with van der Waals surface area (Å²) in [6.45, 7) is 11.8. The Bertz CT molecular complexity index is 5640. The van der Waals surface area contributed by atoms with E-state index in [1.165, 1.54) is 80.0 Å². The second-order valence-electron chi connectivity index (χ2n) is 39.9. The number of cyclic esters (lactones) is 1. The van der Waals surface area contributed by atoms with E-state index in [4.69, 9.17) is 10.5 Å². The summed E-state index contributed by atoms with van der Waals surface area (Å²) in [4.78, 5) is 273. The predicted molar refractivity (Wildman–Crippen MR) is 551 cm³/mol. The van der Waals surface area contributed by atoms with Gasteiger partial charge in [0, 0.05) is 74.0 Å². The van der Waals surface area contributed by atoms with Crippen LogP contribution in [0.3, 0.4) is 0 Å². The fraction of sp³-hybridized carbons (Fsp3) is 0.529. The average molecular weight is 2140 g/mol. The Hall–Kier alpha value is -13.6. The Labute approximate surface area is 871 Å². The number of carbonyl (C=O) groups excluding carboxylic acids is 16. The first-order chi connectivity index (χ1) is 70.2. The quantitative estimate of drug-likeness (QED) is 0.0229. The van der Waals surface area contributed by atoms with Gasteiger partial charge in [0.25, 0.3) is 0 Å². The van der Waals surface area contributed by atoms with Crippen molar-refractivity contribution in [3.63, 3.8) is 0 Å². The van der Waals surface area contributed by atoms with Gasteiger partial charge in [-0.2, -0.15) is 0 Å². The fourth-order valence-corrected chi connectivity index (χ4v) is 19.7. The van der Waals surface area contributed by atoms with Crippen molar-refractivity contribution >= 4 is 150 Å². The molecule has 0 saturated carbocycles. The standard InChI is InChI=1S/C104H141BrN18O24S/c1-61(85(106)130)109-87(132)73(113-91(136)77(55-68-60-148-81-39-22-20-36-70(68)81)116-89(134)74(107-9)54-66-34-19-21-37-71(66)105)40-41-82(125)108-47-27-23-38-72-88(133)111-69-42-49-122(59-69)100(146)147-50-28-15-11-10-12-24-43-103(44-25-13-14-26-45-104(46-30-48-123(104)63(3)124)99(145)119-79(57-84(128)129)93(138)117-80(95(140)121-103)58-101(4,5)6)98(144)118-78(56-83(126)127)92(137)115-76(53-65-33-29-35-67(51-65)96(141)142)94(139)120-102(7,8)97(143)110-62(2)86(131)114-75(90(135)112-72)52-64-31-17-16-18-32-64/h10-11,14,16-22,26,29,31-37,39,51,60-62,69,72-80,95,107,121,140H,12-13,15,23-25,27-28,30,38,40-50,52-59H2,1-9H3,(H2,106,130)(H,108,125)(H,109,132)(H,110,143)(H,111,133)(H,112,135)(H,113,136)(H,114,131)(H,115,137)(H,116,134)(H,117,138)(H,118,144)(H,119,145)(H,120,139)(H,126,127)(H,128,129)(H,141,142)/b11-10?,26-14-/t61-,62-,69-,72-,73-,74-,75-,76-,77-,78-,79-,80-,95?,103-,104-/m0/s1. The third-order valence-electron chi connectivity index (χ3n) is 26.5. The molecule has 5 heterocycles. The van der Waals surface area contributed by atoms with Gasteiger partial charge in [0.2, 0.25) is 88.6 Å². The lowest BCUT2D eigenvalue weighted by molar-refractivity contribution is -0.146. The Morgan fingerprint density at radius 2 is 1.18 bits per heavy atom. The van der Waals surface area contributed by atoms with Crippen LogP contribution in [0, 0.1) is 5.41 Å². The minimum atomic E-state index is -2.10. The molecule has 1 aromatic heterocycles. The van der Waals surface area contributed by atoms with Crippen LogP contribution in [0.1, 0.15) is 216 Å². The summed E-state index contributed by atoms with van der Waals surface area (Å²) in [6.07, 6.45) is 2.45. The molecule has 4 aliphatic rings. The molecule has 2 saturated heterocycles. The number of benzene rings is 4. The van der Waals surface area contributed by atoms with Crippen molar-refractivity contribution in [2.45, 2.75) is 305 Å². The van der Waals surface area contributed by atoms with Crippen LogP contribution in [0.15, 0.2) is 137 Å². The predicted octanol–water partition coefficient (Wildman–Crippen LogP) is 3.95. The second-order valence-corrected chi connectivity index (χ2v) is 41.6. The molecule has 21 N–H and O–H groups in total. The number of amides is 16. The van der Waals surface area contributed by atoms with Gasteiger partial charge in [0.15, 0.2) is 0 Å². The Kier molecular flexibility index (Phi) is 44.6. The number of halogens is 1. The Morgan fingerprint density at radius 3 is 1.84 bits per heavy atom. The zero-order valence-corrected chi connectivity index (χ0v) is 87.3. The number of carboxylic acids is 3. The van der Waals surface area contributed by atoms with E-state index in [1.807, 2.05) is 53.9 Å². The van der Waals surface area contributed by atoms with E-state index in [9.17, 15) is 92.3 Å². The van der Waals surface area contributed by atoms with Gasteiger partial charge in [0.1, 0.15) is 71.7 Å². The number of thiophene rings is 1. The maximum Gasteiger partial charge on any atom is 0.409 e. The highest BCUT2D eigenvalue weighted by Crippen LogP contribution is 2.36. The number of hydrogen-bond donors (Lipinski definition) is 20. The van der Waals surface area contributed by atoms with Crippen LogP contribution in [0.4, 0.5) is 4.79 Å². The molecule has 2 fully saturated rings. The Morgan fingerprint density at radius 1 is 0.601 bits per heavy atom. The molecule has 44 heteroatoms. The third-order valence-corrected chi connectivity index (χ3v) is 28.3. The van der Waals surface area contributed by atoms with Crippen molar-refractivity contribution in [3.8, 4) is 0 Å². The van der Waals surface area contributed by atoms with Gasteiger partial charge in [-0.05, 0) is 213 Å². The van der Waals surface area contributed by atoms with Crippen LogP contribution >= 0.6 is 27.3 Å². The van der Waals surface area contributed by atoms with Crippen LogP contribution in [0.2, 0.25) is 0 Å². The molecule has 4 aliphatic heterocycles. The number of nitrogens with two attached hydrogens (primary N) is 1. The SMILES string of the molecule is CN[C@@H](Cc1ccccc1Br)C(=O)N[C@@H](Cc1csc2ccccc12)C(=O)N[C@@H](CCC(=O)NCCCC[C@@H]1NC(=O)[C@H](Cc2ccccc2)NC(=O)[C@H](C)NC(=O)C(C)(C)NC(=O)[C@H](Cc2cccc(C(=O)O)c2)NC(=O)[C@H](CC(=O)O)NC(=O)[C@]2(CCCC=CCCCOC(=O)N3CC[C@@H](C3)NC1=O)CCC/C=C\C[C@]1(CCCN1C(C)=O)C(=O)N[C@@H](CC(=O)O)C(=O)N[C@@H](CC(C)(C)C)C(O)N2)C(=O)N[C@@H](C)C(N)=O. The topological polar surface area (TPSA) is 627 Å². The number of hydrogen-bond acceptors (Lipinski definition) is 24. The molecule has 4 aromatic carbocycles. The minimum absolute atomic E-state index is 0.0146. The van der Waals surface area contributed by atoms with E-state index < -0.39 is 233 Å². The van der Waals surface area contributed by atoms with Crippen LogP contribution < -0.4 is 85.5 Å². The molecular formula is C104H141BrN18O24S.